The molecule has 2 saturated carbocycles. The highest BCUT2D eigenvalue weighted by Crippen LogP contribution is 2.48. The lowest BCUT2D eigenvalue weighted by Gasteiger charge is -2.17. The Labute approximate surface area is 185 Å². The SMILES string of the molecule is O=C(NCC1C2CCC1CC2)c1cccnc1SCCCc1cccc(C(F)(F)F)c1. The number of amides is 1. The van der Waals surface area contributed by atoms with E-state index in [-0.39, 0.29) is 5.91 Å². The molecule has 0 radical (unpaired) electrons. The zero-order valence-electron chi connectivity index (χ0n) is 17.3. The predicted molar refractivity (Wildman–Crippen MR) is 116 cm³/mol. The summed E-state index contributed by atoms with van der Waals surface area (Å²) < 4.78 is 38.6. The number of hydrogen-bond donors (Lipinski definition) is 1. The molecule has 0 atom stereocenters. The van der Waals surface area contributed by atoms with Gasteiger partial charge in [0.15, 0.2) is 0 Å². The minimum absolute atomic E-state index is 0.0835. The molecule has 0 aliphatic heterocycles. The van der Waals surface area contributed by atoms with Gasteiger partial charge in [0.05, 0.1) is 11.1 Å². The van der Waals surface area contributed by atoms with Crippen molar-refractivity contribution in [2.45, 2.75) is 49.7 Å². The third-order valence-corrected chi connectivity index (χ3v) is 7.74. The first kappa shape index (κ1) is 22.2. The first-order valence-corrected chi connectivity index (χ1v) is 11.9. The van der Waals surface area contributed by atoms with Gasteiger partial charge in [-0.05, 0) is 85.8 Å². The average molecular weight is 449 g/mol. The molecule has 2 bridgehead atoms. The second kappa shape index (κ2) is 9.63. The van der Waals surface area contributed by atoms with Crippen LogP contribution in [0.1, 0.15) is 53.6 Å². The van der Waals surface area contributed by atoms with Crippen LogP contribution in [0.3, 0.4) is 0 Å². The Hall–Kier alpha value is -2.02. The summed E-state index contributed by atoms with van der Waals surface area (Å²) in [7, 11) is 0. The number of pyridine rings is 1. The number of carbonyl (C=O) groups is 1. The third kappa shape index (κ3) is 5.43. The molecule has 2 aromatic rings. The Bertz CT molecular complexity index is 898. The molecule has 1 aromatic heterocycles. The number of aromatic nitrogens is 1. The Morgan fingerprint density at radius 2 is 1.84 bits per heavy atom. The summed E-state index contributed by atoms with van der Waals surface area (Å²) >= 11 is 1.48. The molecular weight excluding hydrogens is 421 g/mol. The van der Waals surface area contributed by atoms with Crippen molar-refractivity contribution in [1.29, 1.82) is 0 Å². The van der Waals surface area contributed by atoms with Crippen LogP contribution >= 0.6 is 11.8 Å². The smallest absolute Gasteiger partial charge is 0.352 e. The molecule has 1 N–H and O–H groups in total. The largest absolute Gasteiger partial charge is 0.416 e. The second-order valence-corrected chi connectivity index (χ2v) is 9.64. The van der Waals surface area contributed by atoms with Gasteiger partial charge in [0.25, 0.3) is 5.91 Å². The molecule has 166 valence electrons. The van der Waals surface area contributed by atoms with Crippen molar-refractivity contribution in [3.63, 3.8) is 0 Å². The summed E-state index contributed by atoms with van der Waals surface area (Å²) in [5, 5.41) is 3.80. The third-order valence-electron chi connectivity index (χ3n) is 6.64. The van der Waals surface area contributed by atoms with Gasteiger partial charge < -0.3 is 5.32 Å². The highest BCUT2D eigenvalue weighted by Gasteiger charge is 2.41. The molecule has 0 spiro atoms. The first-order chi connectivity index (χ1) is 14.9. The van der Waals surface area contributed by atoms with Crippen LogP contribution in [0.2, 0.25) is 0 Å². The van der Waals surface area contributed by atoms with Crippen molar-refractivity contribution in [2.75, 3.05) is 12.3 Å². The molecule has 4 rings (SSSR count). The lowest BCUT2D eigenvalue weighted by Crippen LogP contribution is -2.31. The first-order valence-electron chi connectivity index (χ1n) is 10.9. The van der Waals surface area contributed by atoms with Gasteiger partial charge in [-0.1, -0.05) is 18.2 Å². The molecule has 1 aromatic carbocycles. The minimum Gasteiger partial charge on any atom is -0.352 e. The highest BCUT2D eigenvalue weighted by molar-refractivity contribution is 7.99. The van der Waals surface area contributed by atoms with Gasteiger partial charge in [0, 0.05) is 12.7 Å². The lowest BCUT2D eigenvalue weighted by molar-refractivity contribution is -0.137. The van der Waals surface area contributed by atoms with E-state index in [0.29, 0.717) is 40.7 Å². The fourth-order valence-corrected chi connectivity index (χ4v) is 5.99. The van der Waals surface area contributed by atoms with E-state index in [0.717, 1.165) is 24.4 Å². The van der Waals surface area contributed by atoms with E-state index in [2.05, 4.69) is 10.3 Å². The van der Waals surface area contributed by atoms with Crippen LogP contribution in [0.25, 0.3) is 0 Å². The number of carbonyl (C=O) groups excluding carboxylic acids is 1. The lowest BCUT2D eigenvalue weighted by atomic mass is 9.98. The molecule has 2 fully saturated rings. The quantitative estimate of drug-likeness (QED) is 0.398. The molecular formula is C24H27F3N2OS. The van der Waals surface area contributed by atoms with Crippen molar-refractivity contribution in [3.05, 3.63) is 59.3 Å². The van der Waals surface area contributed by atoms with Crippen molar-refractivity contribution in [1.82, 2.24) is 10.3 Å². The molecule has 3 nitrogen and oxygen atoms in total. The van der Waals surface area contributed by atoms with Gasteiger partial charge in [0.2, 0.25) is 0 Å². The summed E-state index contributed by atoms with van der Waals surface area (Å²) in [6.07, 6.45) is 3.79. The number of aryl methyl sites for hydroxylation is 1. The monoisotopic (exact) mass is 448 g/mol. The van der Waals surface area contributed by atoms with Crippen LogP contribution in [0.4, 0.5) is 13.2 Å². The number of alkyl halides is 3. The summed E-state index contributed by atoms with van der Waals surface area (Å²) in [5.41, 5.74) is 0.634. The molecule has 2 aliphatic carbocycles. The van der Waals surface area contributed by atoms with Gasteiger partial charge in [-0.25, -0.2) is 4.98 Å². The van der Waals surface area contributed by atoms with Crippen LogP contribution < -0.4 is 5.32 Å². The number of hydrogen-bond acceptors (Lipinski definition) is 3. The van der Waals surface area contributed by atoms with E-state index >= 15 is 0 Å². The van der Waals surface area contributed by atoms with Crippen LogP contribution in [0, 0.1) is 17.8 Å². The summed E-state index contributed by atoms with van der Waals surface area (Å²) in [6.45, 7) is 0.739. The normalized spacial score (nSPS) is 22.6. The summed E-state index contributed by atoms with van der Waals surface area (Å²) in [4.78, 5) is 17.1. The van der Waals surface area contributed by atoms with E-state index in [1.807, 2.05) is 0 Å². The van der Waals surface area contributed by atoms with E-state index in [9.17, 15) is 18.0 Å². The maximum absolute atomic E-state index is 12.9. The van der Waals surface area contributed by atoms with E-state index in [1.54, 1.807) is 24.4 Å². The van der Waals surface area contributed by atoms with Crippen molar-refractivity contribution < 1.29 is 18.0 Å². The number of halogens is 3. The molecule has 2 aliphatic rings. The molecule has 0 saturated heterocycles. The van der Waals surface area contributed by atoms with Crippen LogP contribution in [0.15, 0.2) is 47.6 Å². The molecule has 1 heterocycles. The van der Waals surface area contributed by atoms with E-state index in [4.69, 9.17) is 0 Å². The number of fused-ring (bicyclic) bond motifs is 2. The molecule has 7 heteroatoms. The number of nitrogens with one attached hydrogen (secondary N) is 1. The standard InChI is InChI=1S/C24H27F3N2OS/c25-24(26,27)19-6-1-4-16(14-19)5-3-13-31-23-20(7-2-12-28-23)22(30)29-15-21-17-8-9-18(21)11-10-17/h1-2,4,6-7,12,14,17-18,21H,3,5,8-11,13,15H2,(H,29,30). The van der Waals surface area contributed by atoms with Crippen LogP contribution in [0.5, 0.6) is 0 Å². The number of benzene rings is 1. The van der Waals surface area contributed by atoms with Gasteiger partial charge in [-0.2, -0.15) is 13.2 Å². The van der Waals surface area contributed by atoms with Crippen molar-refractivity contribution in [2.24, 2.45) is 17.8 Å². The fraction of sp³-hybridized carbons (Fsp3) is 0.500. The number of nitrogens with zero attached hydrogens (tertiary/aromatic N) is 1. The molecule has 0 unspecified atom stereocenters. The van der Waals surface area contributed by atoms with Gasteiger partial charge in [0.1, 0.15) is 5.03 Å². The summed E-state index contributed by atoms with van der Waals surface area (Å²) in [6, 6.07) is 9.02. The summed E-state index contributed by atoms with van der Waals surface area (Å²) in [5.74, 6) is 2.75. The van der Waals surface area contributed by atoms with Gasteiger partial charge in [-0.3, -0.25) is 4.79 Å². The molecule has 1 amide bonds. The Morgan fingerprint density at radius 3 is 2.55 bits per heavy atom. The Morgan fingerprint density at radius 1 is 1.10 bits per heavy atom. The predicted octanol–water partition coefficient (Wildman–Crippen LogP) is 5.99. The van der Waals surface area contributed by atoms with E-state index in [1.165, 1.54) is 49.6 Å². The fourth-order valence-electron chi connectivity index (χ4n) is 5.05. The van der Waals surface area contributed by atoms with Crippen molar-refractivity contribution >= 4 is 17.7 Å². The second-order valence-electron chi connectivity index (χ2n) is 8.56. The minimum atomic E-state index is -4.32. The maximum Gasteiger partial charge on any atom is 0.416 e. The number of rotatable bonds is 8. The van der Waals surface area contributed by atoms with Crippen LogP contribution in [-0.4, -0.2) is 23.2 Å². The molecule has 31 heavy (non-hydrogen) atoms. The van der Waals surface area contributed by atoms with Crippen LogP contribution in [-0.2, 0) is 12.6 Å². The number of thioether (sulfide) groups is 1. The van der Waals surface area contributed by atoms with Gasteiger partial charge >= 0.3 is 6.18 Å². The Kier molecular flexibility index (Phi) is 6.89. The average Bonchev–Trinajstić information content (AvgIpc) is 3.34. The zero-order valence-corrected chi connectivity index (χ0v) is 18.1. The van der Waals surface area contributed by atoms with E-state index < -0.39 is 11.7 Å². The maximum atomic E-state index is 12.9. The Balaban J connectivity index is 1.28. The van der Waals surface area contributed by atoms with Gasteiger partial charge in [-0.15, -0.1) is 11.8 Å². The topological polar surface area (TPSA) is 42.0 Å². The van der Waals surface area contributed by atoms with Crippen molar-refractivity contribution in [3.8, 4) is 0 Å². The zero-order chi connectivity index (χ0) is 21.8. The highest BCUT2D eigenvalue weighted by atomic mass is 32.2.